The summed E-state index contributed by atoms with van der Waals surface area (Å²) >= 11 is 5.91. The Morgan fingerprint density at radius 3 is 2.94 bits per heavy atom. The van der Waals surface area contributed by atoms with E-state index in [4.69, 9.17) is 11.6 Å². The summed E-state index contributed by atoms with van der Waals surface area (Å²) in [5, 5.41) is 6.46. The number of rotatable bonds is 4. The van der Waals surface area contributed by atoms with Gasteiger partial charge >= 0.3 is 6.03 Å². The predicted octanol–water partition coefficient (Wildman–Crippen LogP) is 3.11. The van der Waals surface area contributed by atoms with Gasteiger partial charge in [0.05, 0.1) is 6.04 Å². The molecule has 0 spiro atoms. The van der Waals surface area contributed by atoms with Gasteiger partial charge in [-0.25, -0.2) is 4.79 Å². The number of carbonyl (C=O) groups excluding carboxylic acids is 1. The second-order valence-electron chi connectivity index (χ2n) is 4.57. The van der Waals surface area contributed by atoms with Gasteiger partial charge in [-0.05, 0) is 43.4 Å². The van der Waals surface area contributed by atoms with Gasteiger partial charge in [-0.3, -0.25) is 0 Å². The molecule has 0 radical (unpaired) electrons. The first-order chi connectivity index (χ1) is 8.15. The highest BCUT2D eigenvalue weighted by atomic mass is 35.5. The Morgan fingerprint density at radius 1 is 1.53 bits per heavy atom. The number of urea groups is 1. The topological polar surface area (TPSA) is 41.1 Å². The molecule has 1 aliphatic carbocycles. The van der Waals surface area contributed by atoms with E-state index in [9.17, 15) is 4.79 Å². The molecule has 1 fully saturated rings. The Morgan fingerprint density at radius 2 is 2.29 bits per heavy atom. The maximum absolute atomic E-state index is 11.6. The van der Waals surface area contributed by atoms with E-state index in [-0.39, 0.29) is 12.1 Å². The number of halogens is 1. The van der Waals surface area contributed by atoms with Crippen molar-refractivity contribution in [1.29, 1.82) is 0 Å². The third-order valence-corrected chi connectivity index (χ3v) is 3.18. The Hall–Kier alpha value is -1.22. The number of benzene rings is 1. The van der Waals surface area contributed by atoms with Crippen LogP contribution in [0.4, 0.5) is 4.79 Å². The average Bonchev–Trinajstić information content (AvgIpc) is 3.10. The highest BCUT2D eigenvalue weighted by Crippen LogP contribution is 2.27. The number of hydrogen-bond donors (Lipinski definition) is 2. The first-order valence-corrected chi connectivity index (χ1v) is 6.33. The van der Waals surface area contributed by atoms with Crippen LogP contribution in [0.1, 0.15) is 31.4 Å². The summed E-state index contributed by atoms with van der Waals surface area (Å²) in [4.78, 5) is 11.6. The summed E-state index contributed by atoms with van der Waals surface area (Å²) in [6.45, 7) is 2.73. The summed E-state index contributed by atoms with van der Waals surface area (Å²) < 4.78 is 0. The second kappa shape index (κ2) is 5.41. The second-order valence-corrected chi connectivity index (χ2v) is 5.01. The molecule has 1 saturated carbocycles. The van der Waals surface area contributed by atoms with Crippen LogP contribution in [-0.2, 0) is 0 Å². The van der Waals surface area contributed by atoms with Gasteiger partial charge in [0.2, 0.25) is 0 Å². The van der Waals surface area contributed by atoms with Gasteiger partial charge in [0.25, 0.3) is 0 Å². The lowest BCUT2D eigenvalue weighted by Gasteiger charge is -2.15. The lowest BCUT2D eigenvalue weighted by molar-refractivity contribution is 0.237. The van der Waals surface area contributed by atoms with Crippen LogP contribution in [-0.4, -0.2) is 12.6 Å². The van der Waals surface area contributed by atoms with Crippen molar-refractivity contribution in [3.05, 3.63) is 34.9 Å². The normalized spacial score (nSPS) is 16.4. The van der Waals surface area contributed by atoms with Crippen molar-refractivity contribution in [3.8, 4) is 0 Å². The zero-order valence-electron chi connectivity index (χ0n) is 9.87. The Balaban J connectivity index is 1.82. The molecule has 0 saturated heterocycles. The van der Waals surface area contributed by atoms with Crippen molar-refractivity contribution in [1.82, 2.24) is 10.6 Å². The van der Waals surface area contributed by atoms with E-state index in [1.54, 1.807) is 0 Å². The zero-order valence-corrected chi connectivity index (χ0v) is 10.6. The molecule has 17 heavy (non-hydrogen) atoms. The van der Waals surface area contributed by atoms with Gasteiger partial charge in [0.1, 0.15) is 0 Å². The largest absolute Gasteiger partial charge is 0.338 e. The number of amides is 2. The van der Waals surface area contributed by atoms with Crippen LogP contribution in [0.25, 0.3) is 0 Å². The quantitative estimate of drug-likeness (QED) is 0.849. The lowest BCUT2D eigenvalue weighted by Crippen LogP contribution is -2.38. The van der Waals surface area contributed by atoms with Crippen molar-refractivity contribution in [3.63, 3.8) is 0 Å². The molecule has 0 bridgehead atoms. The summed E-state index contributed by atoms with van der Waals surface area (Å²) in [6, 6.07) is 7.39. The van der Waals surface area contributed by atoms with Crippen LogP contribution in [0.3, 0.4) is 0 Å². The molecule has 1 aliphatic rings. The highest BCUT2D eigenvalue weighted by Gasteiger charge is 2.21. The lowest BCUT2D eigenvalue weighted by atomic mass is 10.1. The summed E-state index contributed by atoms with van der Waals surface area (Å²) in [5.41, 5.74) is 1.01. The Bertz CT molecular complexity index is 404. The predicted molar refractivity (Wildman–Crippen MR) is 69.1 cm³/mol. The van der Waals surface area contributed by atoms with E-state index in [2.05, 4.69) is 10.6 Å². The maximum atomic E-state index is 11.6. The third-order valence-electron chi connectivity index (χ3n) is 2.94. The van der Waals surface area contributed by atoms with E-state index in [1.807, 2.05) is 31.2 Å². The first-order valence-electron chi connectivity index (χ1n) is 5.95. The van der Waals surface area contributed by atoms with Crippen LogP contribution in [0.5, 0.6) is 0 Å². The third kappa shape index (κ3) is 3.93. The summed E-state index contributed by atoms with van der Waals surface area (Å²) in [7, 11) is 0. The standard InChI is InChI=1S/C13H17ClN2O/c1-9(11-3-2-4-12(14)7-11)16-13(17)15-8-10-5-6-10/h2-4,7,9-10H,5-6,8H2,1H3,(H2,15,16,17)/t9-/m1/s1. The van der Waals surface area contributed by atoms with Crippen molar-refractivity contribution in [2.45, 2.75) is 25.8 Å². The molecule has 2 N–H and O–H groups in total. The molecule has 0 aliphatic heterocycles. The van der Waals surface area contributed by atoms with E-state index in [1.165, 1.54) is 12.8 Å². The number of hydrogen-bond acceptors (Lipinski definition) is 1. The van der Waals surface area contributed by atoms with Crippen LogP contribution >= 0.6 is 11.6 Å². The molecule has 1 atom stereocenters. The van der Waals surface area contributed by atoms with Crippen molar-refractivity contribution in [2.75, 3.05) is 6.54 Å². The van der Waals surface area contributed by atoms with Gasteiger partial charge in [-0.1, -0.05) is 23.7 Å². The zero-order chi connectivity index (χ0) is 12.3. The van der Waals surface area contributed by atoms with Gasteiger partial charge in [-0.15, -0.1) is 0 Å². The van der Waals surface area contributed by atoms with Crippen LogP contribution in [0.15, 0.2) is 24.3 Å². The van der Waals surface area contributed by atoms with Crippen molar-refractivity contribution < 1.29 is 4.79 Å². The van der Waals surface area contributed by atoms with Crippen LogP contribution < -0.4 is 10.6 Å². The Labute approximate surface area is 107 Å². The molecule has 0 unspecified atom stereocenters. The molecular formula is C13H17ClN2O. The van der Waals surface area contributed by atoms with Crippen molar-refractivity contribution >= 4 is 17.6 Å². The molecule has 0 aromatic heterocycles. The van der Waals surface area contributed by atoms with Gasteiger partial charge in [0.15, 0.2) is 0 Å². The molecule has 2 rings (SSSR count). The van der Waals surface area contributed by atoms with Crippen LogP contribution in [0.2, 0.25) is 5.02 Å². The fourth-order valence-electron chi connectivity index (χ4n) is 1.67. The molecule has 1 aromatic rings. The molecule has 0 heterocycles. The van der Waals surface area contributed by atoms with Gasteiger partial charge < -0.3 is 10.6 Å². The number of carbonyl (C=O) groups is 1. The fraction of sp³-hybridized carbons (Fsp3) is 0.462. The fourth-order valence-corrected chi connectivity index (χ4v) is 1.86. The Kier molecular flexibility index (Phi) is 3.89. The summed E-state index contributed by atoms with van der Waals surface area (Å²) in [6.07, 6.45) is 2.48. The molecule has 1 aromatic carbocycles. The smallest absolute Gasteiger partial charge is 0.315 e. The maximum Gasteiger partial charge on any atom is 0.315 e. The van der Waals surface area contributed by atoms with Crippen LogP contribution in [0, 0.1) is 5.92 Å². The van der Waals surface area contributed by atoms with Gasteiger partial charge in [-0.2, -0.15) is 0 Å². The molecule has 4 heteroatoms. The van der Waals surface area contributed by atoms with E-state index < -0.39 is 0 Å². The molecular weight excluding hydrogens is 236 g/mol. The molecule has 2 amide bonds. The average molecular weight is 253 g/mol. The van der Waals surface area contributed by atoms with Gasteiger partial charge in [0, 0.05) is 11.6 Å². The molecule has 3 nitrogen and oxygen atoms in total. The van der Waals surface area contributed by atoms with E-state index in [0.717, 1.165) is 12.1 Å². The summed E-state index contributed by atoms with van der Waals surface area (Å²) in [5.74, 6) is 0.697. The van der Waals surface area contributed by atoms with Crippen molar-refractivity contribution in [2.24, 2.45) is 5.92 Å². The first kappa shape index (κ1) is 12.2. The van der Waals surface area contributed by atoms with E-state index >= 15 is 0 Å². The van der Waals surface area contributed by atoms with E-state index in [0.29, 0.717) is 10.9 Å². The number of nitrogens with one attached hydrogen (secondary N) is 2. The minimum atomic E-state index is -0.107. The SMILES string of the molecule is C[C@@H](NC(=O)NCC1CC1)c1cccc(Cl)c1. The highest BCUT2D eigenvalue weighted by molar-refractivity contribution is 6.30. The minimum Gasteiger partial charge on any atom is -0.338 e. The monoisotopic (exact) mass is 252 g/mol. The molecule has 92 valence electrons. The minimum absolute atomic E-state index is 0.0343.